The molecule has 0 aliphatic rings. The van der Waals surface area contributed by atoms with Gasteiger partial charge in [0.05, 0.1) is 19.4 Å². The lowest BCUT2D eigenvalue weighted by atomic mass is 10.3. The molecule has 0 atom stereocenters. The summed E-state index contributed by atoms with van der Waals surface area (Å²) in [5.41, 5.74) is 1.17. The molecule has 0 radical (unpaired) electrons. The van der Waals surface area contributed by atoms with Crippen LogP contribution in [0.15, 0.2) is 22.7 Å². The van der Waals surface area contributed by atoms with Crippen molar-refractivity contribution in [3.63, 3.8) is 0 Å². The number of nitrogens with zero attached hydrogens (tertiary/aromatic N) is 1. The highest BCUT2D eigenvalue weighted by Crippen LogP contribution is 2.32. The van der Waals surface area contributed by atoms with Crippen molar-refractivity contribution in [3.8, 4) is 5.75 Å². The van der Waals surface area contributed by atoms with Gasteiger partial charge in [-0.05, 0) is 41.9 Å². The number of methoxy groups -OCH3 is 1. The SMILES string of the molecule is CCOC(=O)c1nc(Nc2cc(OC)ccc2Br)sc1C. The van der Waals surface area contributed by atoms with Gasteiger partial charge >= 0.3 is 5.97 Å². The van der Waals surface area contributed by atoms with E-state index in [2.05, 4.69) is 26.2 Å². The molecule has 1 aromatic carbocycles. The Morgan fingerprint density at radius 1 is 1.48 bits per heavy atom. The number of ether oxygens (including phenoxy) is 2. The molecule has 0 aliphatic heterocycles. The van der Waals surface area contributed by atoms with E-state index in [1.54, 1.807) is 14.0 Å². The molecular weight excluding hydrogens is 356 g/mol. The molecule has 0 saturated carbocycles. The Morgan fingerprint density at radius 2 is 2.24 bits per heavy atom. The van der Waals surface area contributed by atoms with E-state index >= 15 is 0 Å². The lowest BCUT2D eigenvalue weighted by Crippen LogP contribution is -2.06. The minimum Gasteiger partial charge on any atom is -0.497 e. The molecule has 0 aliphatic carbocycles. The second-order valence-corrected chi connectivity index (χ2v) is 6.17. The zero-order chi connectivity index (χ0) is 15.4. The Hall–Kier alpha value is -1.60. The molecule has 0 spiro atoms. The number of halogens is 1. The van der Waals surface area contributed by atoms with E-state index in [9.17, 15) is 4.79 Å². The second kappa shape index (κ2) is 6.91. The molecule has 1 N–H and O–H groups in total. The van der Waals surface area contributed by atoms with Crippen LogP contribution < -0.4 is 10.1 Å². The summed E-state index contributed by atoms with van der Waals surface area (Å²) in [4.78, 5) is 16.9. The molecule has 1 heterocycles. The van der Waals surface area contributed by atoms with Crippen LogP contribution in [-0.4, -0.2) is 24.7 Å². The molecule has 0 bridgehead atoms. The van der Waals surface area contributed by atoms with Crippen LogP contribution in [0.25, 0.3) is 0 Å². The maximum atomic E-state index is 11.8. The zero-order valence-corrected chi connectivity index (χ0v) is 14.3. The molecule has 2 rings (SSSR count). The van der Waals surface area contributed by atoms with Crippen molar-refractivity contribution in [2.75, 3.05) is 19.0 Å². The van der Waals surface area contributed by atoms with Crippen LogP contribution in [0.1, 0.15) is 22.3 Å². The van der Waals surface area contributed by atoms with Crippen molar-refractivity contribution in [2.45, 2.75) is 13.8 Å². The van der Waals surface area contributed by atoms with E-state index in [4.69, 9.17) is 9.47 Å². The van der Waals surface area contributed by atoms with Gasteiger partial charge in [0.2, 0.25) is 0 Å². The second-order valence-electron chi connectivity index (χ2n) is 4.12. The van der Waals surface area contributed by atoms with Crippen molar-refractivity contribution in [1.82, 2.24) is 4.98 Å². The van der Waals surface area contributed by atoms with E-state index in [0.29, 0.717) is 17.4 Å². The molecule has 2 aromatic rings. The molecule has 0 unspecified atom stereocenters. The van der Waals surface area contributed by atoms with Crippen molar-refractivity contribution in [2.24, 2.45) is 0 Å². The molecule has 0 amide bonds. The fraction of sp³-hybridized carbons (Fsp3) is 0.286. The predicted octanol–water partition coefficient (Wildman–Crippen LogP) is 4.14. The summed E-state index contributed by atoms with van der Waals surface area (Å²) in [7, 11) is 1.61. The molecule has 112 valence electrons. The van der Waals surface area contributed by atoms with Crippen LogP contribution in [0.4, 0.5) is 10.8 Å². The average Bonchev–Trinajstić information content (AvgIpc) is 2.82. The Kier molecular flexibility index (Phi) is 5.19. The van der Waals surface area contributed by atoms with E-state index in [1.807, 2.05) is 25.1 Å². The summed E-state index contributed by atoms with van der Waals surface area (Å²) in [6.45, 7) is 3.95. The summed E-state index contributed by atoms with van der Waals surface area (Å²) in [5.74, 6) is 0.337. The van der Waals surface area contributed by atoms with Crippen LogP contribution in [-0.2, 0) is 4.74 Å². The Balaban J connectivity index is 2.24. The number of hydrogen-bond donors (Lipinski definition) is 1. The average molecular weight is 371 g/mol. The quantitative estimate of drug-likeness (QED) is 0.801. The number of aromatic nitrogens is 1. The summed E-state index contributed by atoms with van der Waals surface area (Å²) >= 11 is 4.86. The first-order valence-electron chi connectivity index (χ1n) is 6.30. The lowest BCUT2D eigenvalue weighted by Gasteiger charge is -2.07. The number of benzene rings is 1. The summed E-state index contributed by atoms with van der Waals surface area (Å²) in [6.07, 6.45) is 0. The molecule has 7 heteroatoms. The topological polar surface area (TPSA) is 60.5 Å². The monoisotopic (exact) mass is 370 g/mol. The van der Waals surface area contributed by atoms with E-state index in [0.717, 1.165) is 20.8 Å². The van der Waals surface area contributed by atoms with E-state index < -0.39 is 5.97 Å². The Bertz CT molecular complexity index is 658. The van der Waals surface area contributed by atoms with Crippen LogP contribution in [0.3, 0.4) is 0 Å². The summed E-state index contributed by atoms with van der Waals surface area (Å²) in [6, 6.07) is 5.59. The number of thiazole rings is 1. The van der Waals surface area contributed by atoms with Crippen LogP contribution >= 0.6 is 27.3 Å². The zero-order valence-electron chi connectivity index (χ0n) is 11.9. The minimum absolute atomic E-state index is 0.333. The Morgan fingerprint density at radius 3 is 2.90 bits per heavy atom. The molecule has 21 heavy (non-hydrogen) atoms. The van der Waals surface area contributed by atoms with Gasteiger partial charge in [0.25, 0.3) is 0 Å². The Labute approximate surface area is 135 Å². The molecule has 1 aromatic heterocycles. The minimum atomic E-state index is -0.399. The number of anilines is 2. The van der Waals surface area contributed by atoms with Gasteiger partial charge in [-0.2, -0.15) is 0 Å². The lowest BCUT2D eigenvalue weighted by molar-refractivity contribution is 0.0519. The maximum absolute atomic E-state index is 11.8. The van der Waals surface area contributed by atoms with Gasteiger partial charge in [0.1, 0.15) is 5.75 Å². The first kappa shape index (κ1) is 15.8. The van der Waals surface area contributed by atoms with Gasteiger partial charge in [-0.25, -0.2) is 9.78 Å². The smallest absolute Gasteiger partial charge is 0.358 e. The predicted molar refractivity (Wildman–Crippen MR) is 86.8 cm³/mol. The summed E-state index contributed by atoms with van der Waals surface area (Å²) in [5, 5.41) is 3.81. The number of esters is 1. The van der Waals surface area contributed by atoms with Crippen LogP contribution in [0, 0.1) is 6.92 Å². The van der Waals surface area contributed by atoms with Gasteiger partial charge in [-0.1, -0.05) is 0 Å². The fourth-order valence-electron chi connectivity index (χ4n) is 1.68. The summed E-state index contributed by atoms with van der Waals surface area (Å²) < 4.78 is 11.1. The molecule has 0 fully saturated rings. The van der Waals surface area contributed by atoms with Crippen molar-refractivity contribution < 1.29 is 14.3 Å². The van der Waals surface area contributed by atoms with Crippen LogP contribution in [0.5, 0.6) is 5.75 Å². The number of carbonyl (C=O) groups excluding carboxylic acids is 1. The van der Waals surface area contributed by atoms with Crippen molar-refractivity contribution >= 4 is 44.1 Å². The number of nitrogens with one attached hydrogen (secondary N) is 1. The van der Waals surface area contributed by atoms with Crippen LogP contribution in [0.2, 0.25) is 0 Å². The third-order valence-electron chi connectivity index (χ3n) is 2.68. The van der Waals surface area contributed by atoms with Crippen molar-refractivity contribution in [1.29, 1.82) is 0 Å². The number of carbonyl (C=O) groups is 1. The highest BCUT2D eigenvalue weighted by atomic mass is 79.9. The first-order chi connectivity index (χ1) is 10.0. The van der Waals surface area contributed by atoms with Gasteiger partial charge in [0, 0.05) is 15.4 Å². The van der Waals surface area contributed by atoms with Gasteiger partial charge < -0.3 is 14.8 Å². The fourth-order valence-corrected chi connectivity index (χ4v) is 2.84. The maximum Gasteiger partial charge on any atom is 0.358 e. The number of rotatable bonds is 5. The number of aryl methyl sites for hydroxylation is 1. The highest BCUT2D eigenvalue weighted by Gasteiger charge is 2.17. The molecule has 0 saturated heterocycles. The third kappa shape index (κ3) is 3.74. The normalized spacial score (nSPS) is 10.3. The van der Waals surface area contributed by atoms with E-state index in [-0.39, 0.29) is 0 Å². The van der Waals surface area contributed by atoms with Crippen molar-refractivity contribution in [3.05, 3.63) is 33.2 Å². The number of hydrogen-bond acceptors (Lipinski definition) is 6. The van der Waals surface area contributed by atoms with Gasteiger partial charge in [-0.15, -0.1) is 11.3 Å². The molecule has 5 nitrogen and oxygen atoms in total. The van der Waals surface area contributed by atoms with E-state index in [1.165, 1.54) is 11.3 Å². The first-order valence-corrected chi connectivity index (χ1v) is 7.91. The highest BCUT2D eigenvalue weighted by molar-refractivity contribution is 9.10. The molecular formula is C14H15BrN2O3S. The third-order valence-corrected chi connectivity index (χ3v) is 4.26. The standard InChI is InChI=1S/C14H15BrN2O3S/c1-4-20-13(18)12-8(2)21-14(17-12)16-11-7-9(19-3)5-6-10(11)15/h5-7H,4H2,1-3H3,(H,16,17). The largest absolute Gasteiger partial charge is 0.497 e. The van der Waals surface area contributed by atoms with Gasteiger partial charge in [-0.3, -0.25) is 0 Å². The van der Waals surface area contributed by atoms with Gasteiger partial charge in [0.15, 0.2) is 10.8 Å².